The number of nitrogens with zero attached hydrogens (tertiary/aromatic N) is 2. The van der Waals surface area contributed by atoms with Crippen molar-refractivity contribution in [2.45, 2.75) is 19.1 Å². The molecule has 0 aliphatic rings. The van der Waals surface area contributed by atoms with Crippen LogP contribution in [0.3, 0.4) is 0 Å². The van der Waals surface area contributed by atoms with E-state index in [0.717, 1.165) is 21.4 Å². The Balaban J connectivity index is 1.63. The molecule has 0 unspecified atom stereocenters. The average molecular weight is 392 g/mol. The predicted molar refractivity (Wildman–Crippen MR) is 94.8 cm³/mol. The van der Waals surface area contributed by atoms with E-state index in [-0.39, 0.29) is 11.7 Å². The smallest absolute Gasteiger partial charge is 0.258 e. The van der Waals surface area contributed by atoms with E-state index >= 15 is 0 Å². The molecular weight excluding hydrogens is 378 g/mol. The third kappa shape index (κ3) is 3.92. The lowest BCUT2D eigenvalue weighted by Crippen LogP contribution is -2.14. The molecule has 0 aliphatic carbocycles. The Morgan fingerprint density at radius 1 is 1.26 bits per heavy atom. The van der Waals surface area contributed by atoms with Crippen molar-refractivity contribution >= 4 is 50.5 Å². The Morgan fingerprint density at radius 3 is 2.87 bits per heavy atom. The third-order valence-electron chi connectivity index (χ3n) is 3.16. The molecule has 0 spiro atoms. The molecule has 0 saturated heterocycles. The van der Waals surface area contributed by atoms with E-state index in [1.54, 1.807) is 0 Å². The summed E-state index contributed by atoms with van der Waals surface area (Å²) < 4.78 is 6.55. The van der Waals surface area contributed by atoms with Gasteiger partial charge in [0.25, 0.3) is 5.22 Å². The first-order valence-electron chi connectivity index (χ1n) is 6.94. The standard InChI is InChI=1S/C16H14BrN3O2S/c1-9-7-11(17)4-5-12(9)19-14(21)8-23-16-20-15-13(22-16)6-3-10(2)18-15/h3-7H,8H2,1-2H3,(H,19,21). The zero-order valence-electron chi connectivity index (χ0n) is 12.6. The van der Waals surface area contributed by atoms with Gasteiger partial charge >= 0.3 is 0 Å². The zero-order chi connectivity index (χ0) is 16.4. The molecule has 1 aromatic carbocycles. The number of nitrogens with one attached hydrogen (secondary N) is 1. The number of anilines is 1. The van der Waals surface area contributed by atoms with Crippen molar-refractivity contribution in [3.8, 4) is 0 Å². The van der Waals surface area contributed by atoms with Crippen LogP contribution >= 0.6 is 27.7 Å². The summed E-state index contributed by atoms with van der Waals surface area (Å²) in [5.41, 5.74) is 3.87. The van der Waals surface area contributed by atoms with Crippen molar-refractivity contribution in [1.29, 1.82) is 0 Å². The predicted octanol–water partition coefficient (Wildman–Crippen LogP) is 4.33. The largest absolute Gasteiger partial charge is 0.430 e. The highest BCUT2D eigenvalue weighted by atomic mass is 79.9. The topological polar surface area (TPSA) is 68.0 Å². The lowest BCUT2D eigenvalue weighted by molar-refractivity contribution is -0.113. The van der Waals surface area contributed by atoms with E-state index in [1.165, 1.54) is 11.8 Å². The molecule has 7 heteroatoms. The van der Waals surface area contributed by atoms with Gasteiger partial charge < -0.3 is 9.73 Å². The summed E-state index contributed by atoms with van der Waals surface area (Å²) in [4.78, 5) is 20.6. The van der Waals surface area contributed by atoms with E-state index in [4.69, 9.17) is 4.42 Å². The first-order chi connectivity index (χ1) is 11.0. The van der Waals surface area contributed by atoms with Gasteiger partial charge in [0.05, 0.1) is 5.75 Å². The molecule has 23 heavy (non-hydrogen) atoms. The van der Waals surface area contributed by atoms with Crippen LogP contribution in [-0.4, -0.2) is 21.6 Å². The fraction of sp³-hybridized carbons (Fsp3) is 0.188. The molecular formula is C16H14BrN3O2S. The summed E-state index contributed by atoms with van der Waals surface area (Å²) in [7, 11) is 0. The number of halogens is 1. The Labute approximate surface area is 146 Å². The van der Waals surface area contributed by atoms with Gasteiger partial charge in [0, 0.05) is 15.9 Å². The molecule has 1 amide bonds. The van der Waals surface area contributed by atoms with Crippen molar-refractivity contribution in [2.24, 2.45) is 0 Å². The Kier molecular flexibility index (Phi) is 4.68. The summed E-state index contributed by atoms with van der Waals surface area (Å²) in [6.07, 6.45) is 0. The fourth-order valence-electron chi connectivity index (χ4n) is 2.04. The monoisotopic (exact) mass is 391 g/mol. The second-order valence-corrected chi connectivity index (χ2v) is 6.89. The molecule has 3 aromatic rings. The fourth-order valence-corrected chi connectivity index (χ4v) is 3.14. The maximum Gasteiger partial charge on any atom is 0.258 e. The number of hydrogen-bond acceptors (Lipinski definition) is 5. The quantitative estimate of drug-likeness (QED) is 0.670. The highest BCUT2D eigenvalue weighted by molar-refractivity contribution is 9.10. The minimum Gasteiger partial charge on any atom is -0.430 e. The summed E-state index contributed by atoms with van der Waals surface area (Å²) in [6, 6.07) is 9.42. The number of aryl methyl sites for hydroxylation is 2. The van der Waals surface area contributed by atoms with E-state index in [2.05, 4.69) is 31.2 Å². The Morgan fingerprint density at radius 2 is 2.09 bits per heavy atom. The van der Waals surface area contributed by atoms with Crippen LogP contribution in [0.15, 0.2) is 44.4 Å². The zero-order valence-corrected chi connectivity index (χ0v) is 15.0. The number of benzene rings is 1. The number of rotatable bonds is 4. The molecule has 5 nitrogen and oxygen atoms in total. The lowest BCUT2D eigenvalue weighted by atomic mass is 10.2. The Bertz CT molecular complexity index is 879. The average Bonchev–Trinajstić information content (AvgIpc) is 2.90. The second kappa shape index (κ2) is 6.72. The van der Waals surface area contributed by atoms with E-state index in [1.807, 2.05) is 44.2 Å². The number of carbonyl (C=O) groups excluding carboxylic acids is 1. The number of thioether (sulfide) groups is 1. The van der Waals surface area contributed by atoms with Crippen LogP contribution < -0.4 is 5.32 Å². The van der Waals surface area contributed by atoms with Crippen LogP contribution in [0.5, 0.6) is 0 Å². The SMILES string of the molecule is Cc1ccc2oc(SCC(=O)Nc3ccc(Br)cc3C)nc2n1. The second-order valence-electron chi connectivity index (χ2n) is 5.05. The highest BCUT2D eigenvalue weighted by Crippen LogP contribution is 2.24. The molecule has 2 heterocycles. The van der Waals surface area contributed by atoms with Gasteiger partial charge in [-0.3, -0.25) is 4.79 Å². The molecule has 0 aliphatic heterocycles. The number of aromatic nitrogens is 2. The molecule has 0 radical (unpaired) electrons. The molecule has 1 N–H and O–H groups in total. The molecule has 118 valence electrons. The number of amides is 1. The van der Waals surface area contributed by atoms with Crippen molar-refractivity contribution in [3.63, 3.8) is 0 Å². The van der Waals surface area contributed by atoms with Crippen LogP contribution in [0.4, 0.5) is 5.69 Å². The van der Waals surface area contributed by atoms with Crippen LogP contribution in [0.2, 0.25) is 0 Å². The maximum atomic E-state index is 12.1. The highest BCUT2D eigenvalue weighted by Gasteiger charge is 2.11. The molecule has 2 aromatic heterocycles. The van der Waals surface area contributed by atoms with Crippen molar-refractivity contribution in [2.75, 3.05) is 11.1 Å². The molecule has 0 fully saturated rings. The summed E-state index contributed by atoms with van der Waals surface area (Å²) in [5, 5.41) is 3.33. The van der Waals surface area contributed by atoms with Crippen LogP contribution in [-0.2, 0) is 4.79 Å². The molecule has 0 atom stereocenters. The van der Waals surface area contributed by atoms with Gasteiger partial charge in [-0.1, -0.05) is 27.7 Å². The summed E-state index contributed by atoms with van der Waals surface area (Å²) in [6.45, 7) is 3.84. The van der Waals surface area contributed by atoms with Gasteiger partial charge in [-0.25, -0.2) is 4.98 Å². The van der Waals surface area contributed by atoms with Gasteiger partial charge in [-0.2, -0.15) is 4.98 Å². The number of oxazole rings is 1. The number of hydrogen-bond donors (Lipinski definition) is 1. The van der Waals surface area contributed by atoms with Gasteiger partial charge in [-0.15, -0.1) is 0 Å². The van der Waals surface area contributed by atoms with E-state index in [0.29, 0.717) is 16.5 Å². The van der Waals surface area contributed by atoms with Gasteiger partial charge in [0.2, 0.25) is 5.91 Å². The van der Waals surface area contributed by atoms with Crippen LogP contribution in [0, 0.1) is 13.8 Å². The number of carbonyl (C=O) groups is 1. The summed E-state index contributed by atoms with van der Waals surface area (Å²) >= 11 is 4.65. The molecule has 0 bridgehead atoms. The molecule has 0 saturated carbocycles. The van der Waals surface area contributed by atoms with Gasteiger partial charge in [0.1, 0.15) is 0 Å². The maximum absolute atomic E-state index is 12.1. The minimum atomic E-state index is -0.105. The Hall–Kier alpha value is -1.86. The third-order valence-corrected chi connectivity index (χ3v) is 4.48. The number of pyridine rings is 1. The minimum absolute atomic E-state index is 0.105. The first-order valence-corrected chi connectivity index (χ1v) is 8.72. The van der Waals surface area contributed by atoms with Crippen molar-refractivity contribution < 1.29 is 9.21 Å². The molecule has 3 rings (SSSR count). The summed E-state index contributed by atoms with van der Waals surface area (Å²) in [5.74, 6) is 0.119. The van der Waals surface area contributed by atoms with E-state index in [9.17, 15) is 4.79 Å². The van der Waals surface area contributed by atoms with Crippen molar-refractivity contribution in [3.05, 3.63) is 46.1 Å². The first kappa shape index (κ1) is 16.0. The van der Waals surface area contributed by atoms with E-state index < -0.39 is 0 Å². The van der Waals surface area contributed by atoms with Gasteiger partial charge in [0.15, 0.2) is 11.2 Å². The van der Waals surface area contributed by atoms with Crippen LogP contribution in [0.25, 0.3) is 11.2 Å². The van der Waals surface area contributed by atoms with Gasteiger partial charge in [-0.05, 0) is 49.7 Å². The normalized spacial score (nSPS) is 10.9. The lowest BCUT2D eigenvalue weighted by Gasteiger charge is -2.07. The van der Waals surface area contributed by atoms with Crippen LogP contribution in [0.1, 0.15) is 11.3 Å². The number of fused-ring (bicyclic) bond motifs is 1. The van der Waals surface area contributed by atoms with Crippen molar-refractivity contribution in [1.82, 2.24) is 9.97 Å².